The van der Waals surface area contributed by atoms with Gasteiger partial charge in [0.05, 0.1) is 12.0 Å². The van der Waals surface area contributed by atoms with E-state index in [0.717, 1.165) is 0 Å². The van der Waals surface area contributed by atoms with Crippen LogP contribution in [0.15, 0.2) is 22.7 Å². The Morgan fingerprint density at radius 1 is 1.33 bits per heavy atom. The largest absolute Gasteiger partial charge is 0.278 e. The van der Waals surface area contributed by atoms with Crippen molar-refractivity contribution < 1.29 is 14.0 Å². The first-order valence-electron chi connectivity index (χ1n) is 5.59. The summed E-state index contributed by atoms with van der Waals surface area (Å²) in [5.74, 6) is -0.795. The van der Waals surface area contributed by atoms with E-state index in [4.69, 9.17) is 0 Å². The Morgan fingerprint density at radius 3 is 2.50 bits per heavy atom. The highest BCUT2D eigenvalue weighted by Crippen LogP contribution is 2.32. The Balaban J connectivity index is 2.24. The Hall–Kier alpha value is -1.23. The van der Waals surface area contributed by atoms with Gasteiger partial charge in [-0.25, -0.2) is 4.39 Å². The fourth-order valence-electron chi connectivity index (χ4n) is 2.07. The van der Waals surface area contributed by atoms with Crippen LogP contribution in [-0.4, -0.2) is 16.7 Å². The number of rotatable bonds is 2. The standard InChI is InChI=1S/C13H13BrFNO2/c1-13(2)6-11(17)16(12(13)18)7-8-3-9(14)5-10(15)4-8/h3-5H,6-7H2,1-2H3. The highest BCUT2D eigenvalue weighted by atomic mass is 79.9. The van der Waals surface area contributed by atoms with Gasteiger partial charge in [0, 0.05) is 10.9 Å². The van der Waals surface area contributed by atoms with Crippen molar-refractivity contribution in [3.63, 3.8) is 0 Å². The highest BCUT2D eigenvalue weighted by Gasteiger charge is 2.44. The Kier molecular flexibility index (Phi) is 3.27. The fourth-order valence-corrected chi connectivity index (χ4v) is 2.59. The van der Waals surface area contributed by atoms with E-state index in [-0.39, 0.29) is 24.8 Å². The molecule has 1 heterocycles. The van der Waals surface area contributed by atoms with Crippen molar-refractivity contribution in [2.75, 3.05) is 0 Å². The van der Waals surface area contributed by atoms with Gasteiger partial charge in [-0.3, -0.25) is 14.5 Å². The molecule has 1 aliphatic rings. The van der Waals surface area contributed by atoms with Crippen LogP contribution in [0.3, 0.4) is 0 Å². The summed E-state index contributed by atoms with van der Waals surface area (Å²) in [5.41, 5.74) is -0.0527. The number of carbonyl (C=O) groups is 2. The van der Waals surface area contributed by atoms with E-state index < -0.39 is 11.2 Å². The normalized spacial score (nSPS) is 18.6. The van der Waals surface area contributed by atoms with E-state index in [1.165, 1.54) is 17.0 Å². The minimum atomic E-state index is -0.651. The molecular formula is C13H13BrFNO2. The molecule has 2 rings (SSSR count). The van der Waals surface area contributed by atoms with Gasteiger partial charge in [0.25, 0.3) is 0 Å². The number of hydrogen-bond donors (Lipinski definition) is 0. The van der Waals surface area contributed by atoms with Crippen LogP contribution in [0.4, 0.5) is 4.39 Å². The number of imide groups is 1. The third-order valence-corrected chi connectivity index (χ3v) is 3.44. The molecule has 0 bridgehead atoms. The summed E-state index contributed by atoms with van der Waals surface area (Å²) < 4.78 is 13.8. The quantitative estimate of drug-likeness (QED) is 0.787. The second kappa shape index (κ2) is 4.46. The molecule has 3 nitrogen and oxygen atoms in total. The summed E-state index contributed by atoms with van der Waals surface area (Å²) >= 11 is 3.19. The molecule has 0 radical (unpaired) electrons. The van der Waals surface area contributed by atoms with Crippen LogP contribution in [-0.2, 0) is 16.1 Å². The first-order valence-corrected chi connectivity index (χ1v) is 6.39. The molecule has 2 amide bonds. The summed E-state index contributed by atoms with van der Waals surface area (Å²) in [7, 11) is 0. The smallest absolute Gasteiger partial charge is 0.235 e. The van der Waals surface area contributed by atoms with Gasteiger partial charge >= 0.3 is 0 Å². The SMILES string of the molecule is CC1(C)CC(=O)N(Cc2cc(F)cc(Br)c2)C1=O. The van der Waals surface area contributed by atoms with Crippen LogP contribution in [0.25, 0.3) is 0 Å². The lowest BCUT2D eigenvalue weighted by Crippen LogP contribution is -2.32. The van der Waals surface area contributed by atoms with Crippen LogP contribution in [0, 0.1) is 11.2 Å². The van der Waals surface area contributed by atoms with Gasteiger partial charge in [0.15, 0.2) is 0 Å². The van der Waals surface area contributed by atoms with Crippen molar-refractivity contribution in [2.24, 2.45) is 5.41 Å². The predicted molar refractivity (Wildman–Crippen MR) is 68.1 cm³/mol. The van der Waals surface area contributed by atoms with Crippen molar-refractivity contribution in [2.45, 2.75) is 26.8 Å². The molecule has 0 aliphatic carbocycles. The lowest BCUT2D eigenvalue weighted by atomic mass is 9.92. The molecule has 0 N–H and O–H groups in total. The third kappa shape index (κ3) is 2.46. The number of likely N-dealkylation sites (tertiary alicyclic amines) is 1. The number of amides is 2. The molecule has 1 saturated heterocycles. The maximum Gasteiger partial charge on any atom is 0.235 e. The second-order valence-corrected chi connectivity index (χ2v) is 6.04. The average molecular weight is 314 g/mol. The van der Waals surface area contributed by atoms with Gasteiger partial charge in [-0.05, 0) is 23.8 Å². The number of hydrogen-bond acceptors (Lipinski definition) is 2. The van der Waals surface area contributed by atoms with E-state index in [2.05, 4.69) is 15.9 Å². The highest BCUT2D eigenvalue weighted by molar-refractivity contribution is 9.10. The van der Waals surface area contributed by atoms with Crippen LogP contribution >= 0.6 is 15.9 Å². The van der Waals surface area contributed by atoms with Gasteiger partial charge in [-0.2, -0.15) is 0 Å². The molecular weight excluding hydrogens is 301 g/mol. The van der Waals surface area contributed by atoms with Crippen LogP contribution in [0.2, 0.25) is 0 Å². The maximum atomic E-state index is 13.2. The molecule has 18 heavy (non-hydrogen) atoms. The molecule has 96 valence electrons. The van der Waals surface area contributed by atoms with Gasteiger partial charge in [0.1, 0.15) is 5.82 Å². The zero-order valence-corrected chi connectivity index (χ0v) is 11.8. The van der Waals surface area contributed by atoms with E-state index in [0.29, 0.717) is 10.0 Å². The predicted octanol–water partition coefficient (Wildman–Crippen LogP) is 2.87. The molecule has 0 aromatic heterocycles. The summed E-state index contributed by atoms with van der Waals surface area (Å²) in [4.78, 5) is 25.0. The van der Waals surface area contributed by atoms with Crippen molar-refractivity contribution in [1.82, 2.24) is 4.90 Å². The van der Waals surface area contributed by atoms with Crippen LogP contribution in [0.5, 0.6) is 0 Å². The Morgan fingerprint density at radius 2 is 2.00 bits per heavy atom. The number of benzene rings is 1. The van der Waals surface area contributed by atoms with Gasteiger partial charge in [-0.1, -0.05) is 29.8 Å². The Bertz CT molecular complexity index is 507. The molecule has 5 heteroatoms. The third-order valence-electron chi connectivity index (χ3n) is 2.98. The van der Waals surface area contributed by atoms with Gasteiger partial charge in [-0.15, -0.1) is 0 Å². The first-order chi connectivity index (χ1) is 8.29. The van der Waals surface area contributed by atoms with E-state index in [1.807, 2.05) is 0 Å². The van der Waals surface area contributed by atoms with E-state index in [1.54, 1.807) is 19.9 Å². The zero-order chi connectivity index (χ0) is 13.5. The average Bonchev–Trinajstić information content (AvgIpc) is 2.39. The van der Waals surface area contributed by atoms with Crippen molar-refractivity contribution in [1.29, 1.82) is 0 Å². The number of nitrogens with zero attached hydrogens (tertiary/aromatic N) is 1. The van der Waals surface area contributed by atoms with Crippen molar-refractivity contribution in [3.05, 3.63) is 34.1 Å². The minimum Gasteiger partial charge on any atom is -0.278 e. The lowest BCUT2D eigenvalue weighted by Gasteiger charge is -2.17. The van der Waals surface area contributed by atoms with Crippen molar-refractivity contribution >= 4 is 27.7 Å². The minimum absolute atomic E-state index is 0.122. The number of halogens is 2. The monoisotopic (exact) mass is 313 g/mol. The second-order valence-electron chi connectivity index (χ2n) is 5.12. The van der Waals surface area contributed by atoms with Crippen molar-refractivity contribution in [3.8, 4) is 0 Å². The molecule has 1 aliphatic heterocycles. The fraction of sp³-hybridized carbons (Fsp3) is 0.385. The van der Waals surface area contributed by atoms with Crippen LogP contribution in [0.1, 0.15) is 25.8 Å². The summed E-state index contributed by atoms with van der Waals surface area (Å²) in [6.45, 7) is 3.61. The summed E-state index contributed by atoms with van der Waals surface area (Å²) in [5, 5.41) is 0. The molecule has 1 aromatic carbocycles. The Labute approximate surface area is 113 Å². The van der Waals surface area contributed by atoms with E-state index in [9.17, 15) is 14.0 Å². The molecule has 1 aromatic rings. The van der Waals surface area contributed by atoms with Gasteiger partial charge in [0.2, 0.25) is 11.8 Å². The topological polar surface area (TPSA) is 37.4 Å². The molecule has 0 saturated carbocycles. The van der Waals surface area contributed by atoms with E-state index >= 15 is 0 Å². The summed E-state index contributed by atoms with van der Waals surface area (Å²) in [6.07, 6.45) is 0.211. The molecule has 0 spiro atoms. The maximum absolute atomic E-state index is 13.2. The molecule has 1 fully saturated rings. The van der Waals surface area contributed by atoms with Crippen LogP contribution < -0.4 is 0 Å². The zero-order valence-electron chi connectivity index (χ0n) is 10.2. The number of carbonyl (C=O) groups excluding carboxylic acids is 2. The molecule has 0 atom stereocenters. The summed E-state index contributed by atoms with van der Waals surface area (Å²) in [6, 6.07) is 4.37. The first kappa shape index (κ1) is 13.2. The van der Waals surface area contributed by atoms with Gasteiger partial charge < -0.3 is 0 Å². The molecule has 0 unspecified atom stereocenters. The lowest BCUT2D eigenvalue weighted by molar-refractivity contribution is -0.141.